The van der Waals surface area contributed by atoms with Gasteiger partial charge in [0.1, 0.15) is 0 Å². The fourth-order valence-electron chi connectivity index (χ4n) is 2.83. The fraction of sp³-hybridized carbons (Fsp3) is 0. The minimum Gasteiger partial charge on any atom is -0.545 e. The Bertz CT molecular complexity index is 1040. The molecule has 23 heavy (non-hydrogen) atoms. The van der Waals surface area contributed by atoms with E-state index in [1.165, 1.54) is 0 Å². The lowest BCUT2D eigenvalue weighted by Gasteiger charge is -2.12. The van der Waals surface area contributed by atoms with Gasteiger partial charge in [-0.1, -0.05) is 30.3 Å². The maximum atomic E-state index is 11.7. The van der Waals surface area contributed by atoms with Crippen LogP contribution in [-0.4, -0.2) is 15.9 Å². The molecule has 0 unspecified atom stereocenters. The number of carbonyl (C=O) groups is 1. The molecule has 4 nitrogen and oxygen atoms in total. The third kappa shape index (κ3) is 2.21. The summed E-state index contributed by atoms with van der Waals surface area (Å²) in [4.78, 5) is 20.4. The molecule has 0 saturated heterocycles. The summed E-state index contributed by atoms with van der Waals surface area (Å²) in [6, 6.07) is 16.6. The SMILES string of the molecule is O=C([O-])c1cc(-c2cccnc2)nc2ccc3ccccc3c12. The maximum Gasteiger partial charge on any atom is 0.0731 e. The minimum absolute atomic E-state index is 0.144. The number of carbonyl (C=O) groups excluding carboxylic acids is 1. The van der Waals surface area contributed by atoms with Gasteiger partial charge in [0.2, 0.25) is 0 Å². The smallest absolute Gasteiger partial charge is 0.0731 e. The molecule has 4 aromatic rings. The van der Waals surface area contributed by atoms with Crippen LogP contribution in [0.2, 0.25) is 0 Å². The highest BCUT2D eigenvalue weighted by Gasteiger charge is 2.11. The van der Waals surface area contributed by atoms with Gasteiger partial charge in [-0.15, -0.1) is 0 Å². The Morgan fingerprint density at radius 1 is 1.00 bits per heavy atom. The van der Waals surface area contributed by atoms with Crippen molar-refractivity contribution in [3.63, 3.8) is 0 Å². The number of benzene rings is 2. The molecule has 4 rings (SSSR count). The van der Waals surface area contributed by atoms with E-state index in [4.69, 9.17) is 0 Å². The van der Waals surface area contributed by atoms with Gasteiger partial charge in [0.05, 0.1) is 17.2 Å². The first-order valence-corrected chi connectivity index (χ1v) is 7.18. The van der Waals surface area contributed by atoms with Gasteiger partial charge in [0, 0.05) is 28.9 Å². The van der Waals surface area contributed by atoms with Crippen LogP contribution in [-0.2, 0) is 0 Å². The third-order valence-corrected chi connectivity index (χ3v) is 3.88. The first kappa shape index (κ1) is 13.4. The zero-order chi connectivity index (χ0) is 15.8. The molecule has 4 heteroatoms. The molecule has 0 fully saturated rings. The van der Waals surface area contributed by atoms with Gasteiger partial charge in [-0.05, 0) is 35.0 Å². The average Bonchev–Trinajstić information content (AvgIpc) is 2.61. The molecule has 0 saturated carbocycles. The normalized spacial score (nSPS) is 11.0. The van der Waals surface area contributed by atoms with Crippen molar-refractivity contribution in [1.29, 1.82) is 0 Å². The molecule has 0 aliphatic heterocycles. The van der Waals surface area contributed by atoms with E-state index in [1.54, 1.807) is 24.5 Å². The summed E-state index contributed by atoms with van der Waals surface area (Å²) in [7, 11) is 0. The van der Waals surface area contributed by atoms with Crippen LogP contribution in [0.25, 0.3) is 32.9 Å². The summed E-state index contributed by atoms with van der Waals surface area (Å²) in [6.07, 6.45) is 3.33. The van der Waals surface area contributed by atoms with Crippen LogP contribution >= 0.6 is 0 Å². The van der Waals surface area contributed by atoms with Crippen molar-refractivity contribution in [2.75, 3.05) is 0 Å². The quantitative estimate of drug-likeness (QED) is 0.534. The van der Waals surface area contributed by atoms with Crippen LogP contribution in [0.15, 0.2) is 67.0 Å². The Hall–Kier alpha value is -3.27. The molecule has 0 spiro atoms. The maximum absolute atomic E-state index is 11.7. The first-order valence-electron chi connectivity index (χ1n) is 7.18. The highest BCUT2D eigenvalue weighted by atomic mass is 16.4. The molecule has 2 aromatic heterocycles. The molecule has 0 atom stereocenters. The third-order valence-electron chi connectivity index (χ3n) is 3.88. The van der Waals surface area contributed by atoms with Crippen LogP contribution in [0.5, 0.6) is 0 Å². The zero-order valence-corrected chi connectivity index (χ0v) is 12.1. The van der Waals surface area contributed by atoms with Crippen LogP contribution in [0.3, 0.4) is 0 Å². The highest BCUT2D eigenvalue weighted by molar-refractivity contribution is 6.15. The fourth-order valence-corrected chi connectivity index (χ4v) is 2.83. The molecule has 110 valence electrons. The highest BCUT2D eigenvalue weighted by Crippen LogP contribution is 2.30. The summed E-state index contributed by atoms with van der Waals surface area (Å²) in [5.41, 5.74) is 2.11. The molecular weight excluding hydrogens is 288 g/mol. The van der Waals surface area contributed by atoms with Crippen molar-refractivity contribution >= 4 is 27.6 Å². The van der Waals surface area contributed by atoms with Gasteiger partial charge in [0.15, 0.2) is 0 Å². The molecule has 0 radical (unpaired) electrons. The lowest BCUT2D eigenvalue weighted by molar-refractivity contribution is -0.254. The summed E-state index contributed by atoms with van der Waals surface area (Å²) in [6.45, 7) is 0. The lowest BCUT2D eigenvalue weighted by Crippen LogP contribution is -2.22. The molecule has 0 aliphatic rings. The summed E-state index contributed by atoms with van der Waals surface area (Å²) in [5.74, 6) is -1.21. The van der Waals surface area contributed by atoms with Crippen LogP contribution in [0.4, 0.5) is 0 Å². The number of pyridine rings is 2. The van der Waals surface area contributed by atoms with E-state index >= 15 is 0 Å². The second-order valence-electron chi connectivity index (χ2n) is 5.27. The van der Waals surface area contributed by atoms with Gasteiger partial charge in [-0.3, -0.25) is 4.98 Å². The number of hydrogen-bond acceptors (Lipinski definition) is 4. The van der Waals surface area contributed by atoms with E-state index in [2.05, 4.69) is 9.97 Å². The number of hydrogen-bond donors (Lipinski definition) is 0. The van der Waals surface area contributed by atoms with Crippen molar-refractivity contribution in [2.45, 2.75) is 0 Å². The number of nitrogens with zero attached hydrogens (tertiary/aromatic N) is 2. The number of carboxylic acids is 1. The minimum atomic E-state index is -1.21. The topological polar surface area (TPSA) is 65.9 Å². The largest absolute Gasteiger partial charge is 0.545 e. The van der Waals surface area contributed by atoms with Crippen LogP contribution < -0.4 is 5.11 Å². The van der Waals surface area contributed by atoms with Crippen LogP contribution in [0, 0.1) is 0 Å². The Kier molecular flexibility index (Phi) is 3.01. The molecule has 2 heterocycles. The predicted octanol–water partition coefficient (Wildman–Crippen LogP) is 2.81. The summed E-state index contributed by atoms with van der Waals surface area (Å²) in [5, 5.41) is 14.1. The van der Waals surface area contributed by atoms with E-state index in [0.29, 0.717) is 16.6 Å². The van der Waals surface area contributed by atoms with Crippen molar-refractivity contribution in [3.8, 4) is 11.3 Å². The van der Waals surface area contributed by atoms with Gasteiger partial charge in [-0.2, -0.15) is 0 Å². The van der Waals surface area contributed by atoms with Gasteiger partial charge < -0.3 is 9.90 Å². The van der Waals surface area contributed by atoms with E-state index < -0.39 is 5.97 Å². The number of rotatable bonds is 2. The second-order valence-corrected chi connectivity index (χ2v) is 5.27. The Labute approximate surface area is 132 Å². The average molecular weight is 299 g/mol. The Morgan fingerprint density at radius 3 is 2.65 bits per heavy atom. The Balaban J connectivity index is 2.12. The lowest BCUT2D eigenvalue weighted by atomic mass is 9.99. The van der Waals surface area contributed by atoms with Crippen LogP contribution in [0.1, 0.15) is 10.4 Å². The molecule has 0 bridgehead atoms. The van der Waals surface area contributed by atoms with E-state index in [0.717, 1.165) is 16.3 Å². The number of carboxylic acid groups (broad SMARTS) is 1. The van der Waals surface area contributed by atoms with E-state index in [9.17, 15) is 9.90 Å². The summed E-state index contributed by atoms with van der Waals surface area (Å²) < 4.78 is 0. The van der Waals surface area contributed by atoms with Gasteiger partial charge in [0.25, 0.3) is 0 Å². The number of aromatic nitrogens is 2. The molecule has 0 N–H and O–H groups in total. The van der Waals surface area contributed by atoms with Crippen molar-refractivity contribution < 1.29 is 9.90 Å². The first-order chi connectivity index (χ1) is 11.2. The van der Waals surface area contributed by atoms with Gasteiger partial charge in [-0.25, -0.2) is 4.98 Å². The van der Waals surface area contributed by atoms with E-state index in [-0.39, 0.29) is 5.56 Å². The van der Waals surface area contributed by atoms with Crippen molar-refractivity contribution in [3.05, 3.63) is 72.6 Å². The molecule has 0 amide bonds. The van der Waals surface area contributed by atoms with Crippen molar-refractivity contribution in [1.82, 2.24) is 9.97 Å². The zero-order valence-electron chi connectivity index (χ0n) is 12.1. The molecule has 2 aromatic carbocycles. The van der Waals surface area contributed by atoms with E-state index in [1.807, 2.05) is 42.5 Å². The van der Waals surface area contributed by atoms with Gasteiger partial charge >= 0.3 is 0 Å². The number of fused-ring (bicyclic) bond motifs is 3. The predicted molar refractivity (Wildman–Crippen MR) is 86.8 cm³/mol. The molecular formula is C19H11N2O2-. The monoisotopic (exact) mass is 299 g/mol. The standard InChI is InChI=1S/C19H12N2O2/c22-19(23)15-10-17(13-5-3-9-20-11-13)21-16-8-7-12-4-1-2-6-14(12)18(15)16/h1-11H,(H,22,23)/p-1. The summed E-state index contributed by atoms with van der Waals surface area (Å²) >= 11 is 0. The van der Waals surface area contributed by atoms with Crippen molar-refractivity contribution in [2.24, 2.45) is 0 Å². The number of aromatic carboxylic acids is 1. The molecule has 0 aliphatic carbocycles. The second kappa shape index (κ2) is 5.18. The Morgan fingerprint density at radius 2 is 1.87 bits per heavy atom.